The zero-order valence-electron chi connectivity index (χ0n) is 12.7. The molecule has 0 atom stereocenters. The van der Waals surface area contributed by atoms with Gasteiger partial charge in [-0.15, -0.1) is 0 Å². The van der Waals surface area contributed by atoms with Crippen molar-refractivity contribution in [2.45, 2.75) is 44.6 Å². The van der Waals surface area contributed by atoms with Crippen molar-refractivity contribution >= 4 is 28.4 Å². The van der Waals surface area contributed by atoms with Gasteiger partial charge in [0.15, 0.2) is 0 Å². The number of hydrogen-bond donors (Lipinski definition) is 3. The van der Waals surface area contributed by atoms with Crippen LogP contribution in [0, 0.1) is 6.92 Å². The van der Waals surface area contributed by atoms with Crippen LogP contribution in [0.3, 0.4) is 0 Å². The fourth-order valence-corrected chi connectivity index (χ4v) is 3.56. The van der Waals surface area contributed by atoms with Crippen LogP contribution in [0.5, 0.6) is 0 Å². The molecule has 0 saturated heterocycles. The first kappa shape index (κ1) is 15.4. The molecule has 1 aliphatic rings. The molecule has 118 valence electrons. The van der Waals surface area contributed by atoms with Gasteiger partial charge >= 0.3 is 0 Å². The molecule has 3 rings (SSSR count). The average Bonchev–Trinajstić information content (AvgIpc) is 3.00. The van der Waals surface area contributed by atoms with E-state index in [-0.39, 0.29) is 5.91 Å². The smallest absolute Gasteiger partial charge is 0.251 e. The minimum absolute atomic E-state index is 0.179. The standard InChI is InChI=1S/C17H21ClN2O2/c1-11-12-5-8-19-15(12)14(18)9-13(11)16(21)20-10-17(22)6-3-2-4-7-17/h5,8-9,19,22H,2-4,6-7,10H2,1H3,(H,20,21). The number of aliphatic hydroxyl groups is 1. The van der Waals surface area contributed by atoms with Crippen molar-refractivity contribution in [2.24, 2.45) is 0 Å². The van der Waals surface area contributed by atoms with Gasteiger partial charge < -0.3 is 15.4 Å². The quantitative estimate of drug-likeness (QED) is 0.809. The second-order valence-corrected chi connectivity index (χ2v) is 6.67. The number of hydrogen-bond acceptors (Lipinski definition) is 2. The topological polar surface area (TPSA) is 65.1 Å². The number of aromatic nitrogens is 1. The molecule has 1 aromatic carbocycles. The summed E-state index contributed by atoms with van der Waals surface area (Å²) in [6, 6.07) is 3.61. The summed E-state index contributed by atoms with van der Waals surface area (Å²) in [4.78, 5) is 15.6. The number of amides is 1. The summed E-state index contributed by atoms with van der Waals surface area (Å²) in [6.45, 7) is 2.21. The van der Waals surface area contributed by atoms with Gasteiger partial charge in [0, 0.05) is 23.7 Å². The number of nitrogens with one attached hydrogen (secondary N) is 2. The highest BCUT2D eigenvalue weighted by atomic mass is 35.5. The maximum atomic E-state index is 12.5. The number of H-pyrrole nitrogens is 1. The largest absolute Gasteiger partial charge is 0.388 e. The molecule has 4 nitrogen and oxygen atoms in total. The Morgan fingerprint density at radius 3 is 2.86 bits per heavy atom. The lowest BCUT2D eigenvalue weighted by molar-refractivity contribution is 0.00525. The van der Waals surface area contributed by atoms with Crippen molar-refractivity contribution in [3.8, 4) is 0 Å². The van der Waals surface area contributed by atoms with E-state index in [1.165, 1.54) is 0 Å². The van der Waals surface area contributed by atoms with E-state index in [2.05, 4.69) is 10.3 Å². The number of fused-ring (bicyclic) bond motifs is 1. The average molecular weight is 321 g/mol. The molecule has 1 aromatic heterocycles. The summed E-state index contributed by atoms with van der Waals surface area (Å²) in [5.41, 5.74) is 1.55. The Kier molecular flexibility index (Phi) is 4.15. The Morgan fingerprint density at radius 2 is 2.14 bits per heavy atom. The SMILES string of the molecule is Cc1c(C(=O)NCC2(O)CCCCC2)cc(Cl)c2[nH]ccc12. The fourth-order valence-electron chi connectivity index (χ4n) is 3.29. The Hall–Kier alpha value is -1.52. The third-order valence-electron chi connectivity index (χ3n) is 4.67. The molecule has 2 aromatic rings. The summed E-state index contributed by atoms with van der Waals surface area (Å²) < 4.78 is 0. The fraction of sp³-hybridized carbons (Fsp3) is 0.471. The molecule has 5 heteroatoms. The van der Waals surface area contributed by atoms with E-state index in [0.717, 1.165) is 48.6 Å². The van der Waals surface area contributed by atoms with Crippen molar-refractivity contribution in [3.05, 3.63) is 34.5 Å². The molecule has 1 saturated carbocycles. The molecule has 0 unspecified atom stereocenters. The van der Waals surface area contributed by atoms with E-state index in [1.54, 1.807) is 6.07 Å². The van der Waals surface area contributed by atoms with Crippen molar-refractivity contribution in [1.82, 2.24) is 10.3 Å². The van der Waals surface area contributed by atoms with Gasteiger partial charge in [-0.2, -0.15) is 0 Å². The molecule has 1 aliphatic carbocycles. The molecule has 1 fully saturated rings. The van der Waals surface area contributed by atoms with Crippen LogP contribution >= 0.6 is 11.6 Å². The van der Waals surface area contributed by atoms with Gasteiger partial charge in [-0.05, 0) is 37.5 Å². The van der Waals surface area contributed by atoms with Crippen LogP contribution < -0.4 is 5.32 Å². The summed E-state index contributed by atoms with van der Waals surface area (Å²) in [5, 5.41) is 14.8. The zero-order chi connectivity index (χ0) is 15.7. The van der Waals surface area contributed by atoms with Crippen LogP contribution in [-0.4, -0.2) is 28.1 Å². The number of aryl methyl sites for hydroxylation is 1. The Morgan fingerprint density at radius 1 is 1.41 bits per heavy atom. The predicted octanol–water partition coefficient (Wildman–Crippen LogP) is 3.55. The molecule has 1 heterocycles. The molecular weight excluding hydrogens is 300 g/mol. The molecule has 0 spiro atoms. The van der Waals surface area contributed by atoms with Gasteiger partial charge in [0.1, 0.15) is 0 Å². The van der Waals surface area contributed by atoms with Gasteiger partial charge in [0.05, 0.1) is 16.1 Å². The Balaban J connectivity index is 1.79. The molecule has 0 bridgehead atoms. The highest BCUT2D eigenvalue weighted by Gasteiger charge is 2.29. The van der Waals surface area contributed by atoms with Crippen LogP contribution in [0.2, 0.25) is 5.02 Å². The van der Waals surface area contributed by atoms with Crippen LogP contribution in [0.25, 0.3) is 10.9 Å². The predicted molar refractivity (Wildman–Crippen MR) is 88.4 cm³/mol. The third-order valence-corrected chi connectivity index (χ3v) is 4.97. The van der Waals surface area contributed by atoms with E-state index in [9.17, 15) is 9.90 Å². The van der Waals surface area contributed by atoms with E-state index in [4.69, 9.17) is 11.6 Å². The highest BCUT2D eigenvalue weighted by molar-refractivity contribution is 6.35. The van der Waals surface area contributed by atoms with Crippen LogP contribution in [0.1, 0.15) is 48.0 Å². The van der Waals surface area contributed by atoms with E-state index in [0.29, 0.717) is 17.1 Å². The molecule has 3 N–H and O–H groups in total. The number of carbonyl (C=O) groups is 1. The maximum absolute atomic E-state index is 12.5. The van der Waals surface area contributed by atoms with Gasteiger partial charge in [0.25, 0.3) is 5.91 Å². The second-order valence-electron chi connectivity index (χ2n) is 6.26. The maximum Gasteiger partial charge on any atom is 0.251 e. The molecule has 0 aliphatic heterocycles. The minimum Gasteiger partial charge on any atom is -0.388 e. The van der Waals surface area contributed by atoms with Gasteiger partial charge in [-0.25, -0.2) is 0 Å². The highest BCUT2D eigenvalue weighted by Crippen LogP contribution is 2.29. The summed E-state index contributed by atoms with van der Waals surface area (Å²) in [7, 11) is 0. The zero-order valence-corrected chi connectivity index (χ0v) is 13.5. The normalized spacial score (nSPS) is 17.6. The summed E-state index contributed by atoms with van der Waals surface area (Å²) >= 11 is 6.24. The van der Waals surface area contributed by atoms with Gasteiger partial charge in [-0.1, -0.05) is 30.9 Å². The van der Waals surface area contributed by atoms with Gasteiger partial charge in [-0.3, -0.25) is 4.79 Å². The monoisotopic (exact) mass is 320 g/mol. The summed E-state index contributed by atoms with van der Waals surface area (Å²) in [6.07, 6.45) is 6.53. The number of halogens is 1. The van der Waals surface area contributed by atoms with E-state index < -0.39 is 5.60 Å². The first-order valence-corrected chi connectivity index (χ1v) is 8.15. The van der Waals surface area contributed by atoms with Crippen LogP contribution in [0.15, 0.2) is 18.3 Å². The molecular formula is C17H21ClN2O2. The first-order valence-electron chi connectivity index (χ1n) is 7.77. The van der Waals surface area contributed by atoms with E-state index >= 15 is 0 Å². The molecule has 1 amide bonds. The number of rotatable bonds is 3. The van der Waals surface area contributed by atoms with Crippen molar-refractivity contribution < 1.29 is 9.90 Å². The number of benzene rings is 1. The lowest BCUT2D eigenvalue weighted by atomic mass is 9.85. The third kappa shape index (κ3) is 2.85. The Labute approximate surface area is 134 Å². The molecule has 22 heavy (non-hydrogen) atoms. The van der Waals surface area contributed by atoms with Gasteiger partial charge in [0.2, 0.25) is 0 Å². The molecule has 0 radical (unpaired) electrons. The van der Waals surface area contributed by atoms with Crippen LogP contribution in [0.4, 0.5) is 0 Å². The van der Waals surface area contributed by atoms with Crippen molar-refractivity contribution in [2.75, 3.05) is 6.54 Å². The van der Waals surface area contributed by atoms with E-state index in [1.807, 2.05) is 19.2 Å². The lowest BCUT2D eigenvalue weighted by Gasteiger charge is -2.32. The lowest BCUT2D eigenvalue weighted by Crippen LogP contribution is -2.44. The number of carbonyl (C=O) groups excluding carboxylic acids is 1. The minimum atomic E-state index is -0.760. The Bertz CT molecular complexity index is 702. The first-order chi connectivity index (χ1) is 10.5. The number of aromatic amines is 1. The van der Waals surface area contributed by atoms with Crippen molar-refractivity contribution in [3.63, 3.8) is 0 Å². The van der Waals surface area contributed by atoms with Crippen molar-refractivity contribution in [1.29, 1.82) is 0 Å². The summed E-state index contributed by atoms with van der Waals surface area (Å²) in [5.74, 6) is -0.179. The van der Waals surface area contributed by atoms with Crippen LogP contribution in [-0.2, 0) is 0 Å². The second kappa shape index (κ2) is 5.94.